The molecule has 0 bridgehead atoms. The molecule has 4 unspecified atom stereocenters. The van der Waals surface area contributed by atoms with Crippen LogP contribution in [-0.2, 0) is 24.0 Å². The average Bonchev–Trinajstić information content (AvgIpc) is 3.17. The number of nitrogens with zero attached hydrogens (tertiary/aromatic N) is 1. The molecule has 1 fully saturated rings. The Balaban J connectivity index is 2.78. The first-order chi connectivity index (χ1) is 14.0. The first-order valence-electron chi connectivity index (χ1n) is 9.71. The number of likely N-dealkylation sites (tertiary alicyclic amines) is 1. The number of nitrogens with one attached hydrogen (secondary N) is 2. The summed E-state index contributed by atoms with van der Waals surface area (Å²) < 4.78 is 0. The smallest absolute Gasteiger partial charge is 0.326 e. The van der Waals surface area contributed by atoms with Crippen LogP contribution in [0.15, 0.2) is 0 Å². The van der Waals surface area contributed by atoms with E-state index in [1.807, 2.05) is 0 Å². The van der Waals surface area contributed by atoms with Gasteiger partial charge in [-0.3, -0.25) is 19.2 Å². The molecule has 0 spiro atoms. The Morgan fingerprint density at radius 2 is 1.73 bits per heavy atom. The minimum atomic E-state index is -1.49. The zero-order chi connectivity index (χ0) is 23.0. The number of hydrogen-bond donors (Lipinski definition) is 6. The number of hydrogen-bond acceptors (Lipinski definition) is 7. The van der Waals surface area contributed by atoms with Crippen LogP contribution in [-0.4, -0.2) is 87.2 Å². The van der Waals surface area contributed by atoms with Crippen LogP contribution >= 0.6 is 0 Å². The van der Waals surface area contributed by atoms with E-state index in [0.29, 0.717) is 19.4 Å². The number of rotatable bonds is 11. The van der Waals surface area contributed by atoms with Crippen LogP contribution in [0.1, 0.15) is 39.5 Å². The monoisotopic (exact) mass is 430 g/mol. The van der Waals surface area contributed by atoms with Gasteiger partial charge in [-0.2, -0.15) is 0 Å². The molecule has 1 heterocycles. The van der Waals surface area contributed by atoms with Crippen LogP contribution in [0, 0.1) is 5.92 Å². The van der Waals surface area contributed by atoms with Gasteiger partial charge in [-0.15, -0.1) is 0 Å². The van der Waals surface area contributed by atoms with Crippen molar-refractivity contribution in [2.75, 3.05) is 13.2 Å². The van der Waals surface area contributed by atoms with Gasteiger partial charge in [0.2, 0.25) is 17.7 Å². The topological polar surface area (TPSA) is 199 Å². The summed E-state index contributed by atoms with van der Waals surface area (Å²) in [5, 5.41) is 31.7. The van der Waals surface area contributed by atoms with Crippen molar-refractivity contribution in [2.45, 2.75) is 63.7 Å². The fraction of sp³-hybridized carbons (Fsp3) is 0.722. The van der Waals surface area contributed by atoms with Crippen molar-refractivity contribution >= 4 is 29.7 Å². The summed E-state index contributed by atoms with van der Waals surface area (Å²) in [5.74, 6) is -4.82. The van der Waals surface area contributed by atoms with Crippen LogP contribution in [0.5, 0.6) is 0 Å². The Morgan fingerprint density at radius 3 is 2.23 bits per heavy atom. The van der Waals surface area contributed by atoms with Gasteiger partial charge in [0.1, 0.15) is 18.1 Å². The molecule has 0 aliphatic carbocycles. The highest BCUT2D eigenvalue weighted by Gasteiger charge is 2.38. The summed E-state index contributed by atoms with van der Waals surface area (Å²) in [6, 6.07) is -4.58. The van der Waals surface area contributed by atoms with Crippen molar-refractivity contribution in [3.05, 3.63) is 0 Å². The van der Waals surface area contributed by atoms with Crippen molar-refractivity contribution in [1.29, 1.82) is 0 Å². The number of carboxylic acids is 2. The van der Waals surface area contributed by atoms with Crippen LogP contribution in [0.25, 0.3) is 0 Å². The van der Waals surface area contributed by atoms with E-state index in [1.165, 1.54) is 4.90 Å². The maximum atomic E-state index is 12.6. The van der Waals surface area contributed by atoms with E-state index in [-0.39, 0.29) is 18.2 Å². The van der Waals surface area contributed by atoms with Gasteiger partial charge in [-0.25, -0.2) is 4.79 Å². The van der Waals surface area contributed by atoms with E-state index >= 15 is 0 Å². The second-order valence-corrected chi connectivity index (χ2v) is 7.54. The standard InChI is InChI=1S/C18H30N4O8/c1-9(2)14(19)17(28)22-7-3-4-12(22)16(27)21-11(8-23)15(26)20-10(18(29)30)5-6-13(24)25/h9-12,14,23H,3-8,19H2,1-2H3,(H,20,26)(H,21,27)(H,24,25)(H,29,30). The molecule has 30 heavy (non-hydrogen) atoms. The number of aliphatic hydroxyl groups excluding tert-OH is 1. The molecule has 0 aromatic heterocycles. The first-order valence-corrected chi connectivity index (χ1v) is 9.71. The summed E-state index contributed by atoms with van der Waals surface area (Å²) >= 11 is 0. The van der Waals surface area contributed by atoms with Gasteiger partial charge in [0, 0.05) is 13.0 Å². The molecule has 4 atom stereocenters. The van der Waals surface area contributed by atoms with Gasteiger partial charge >= 0.3 is 11.9 Å². The minimum Gasteiger partial charge on any atom is -0.481 e. The molecular weight excluding hydrogens is 400 g/mol. The quantitative estimate of drug-likeness (QED) is 0.212. The second-order valence-electron chi connectivity index (χ2n) is 7.54. The maximum Gasteiger partial charge on any atom is 0.326 e. The number of amides is 3. The van der Waals surface area contributed by atoms with E-state index < -0.39 is 60.9 Å². The van der Waals surface area contributed by atoms with Gasteiger partial charge < -0.3 is 36.6 Å². The van der Waals surface area contributed by atoms with Crippen molar-refractivity contribution in [3.8, 4) is 0 Å². The summed E-state index contributed by atoms with van der Waals surface area (Å²) in [6.45, 7) is 3.09. The van der Waals surface area contributed by atoms with E-state index in [4.69, 9.17) is 15.9 Å². The molecular formula is C18H30N4O8. The Bertz CT molecular complexity index is 669. The van der Waals surface area contributed by atoms with Gasteiger partial charge in [-0.1, -0.05) is 13.8 Å². The van der Waals surface area contributed by atoms with E-state index in [0.717, 1.165) is 0 Å². The molecule has 1 aliphatic rings. The van der Waals surface area contributed by atoms with Crippen LogP contribution in [0.3, 0.4) is 0 Å². The molecule has 0 aromatic carbocycles. The molecule has 12 nitrogen and oxygen atoms in total. The fourth-order valence-corrected chi connectivity index (χ4v) is 3.04. The largest absolute Gasteiger partial charge is 0.481 e. The Labute approximate surface area is 173 Å². The van der Waals surface area contributed by atoms with Crippen LogP contribution in [0.4, 0.5) is 0 Å². The maximum absolute atomic E-state index is 12.6. The zero-order valence-corrected chi connectivity index (χ0v) is 17.0. The normalized spacial score (nSPS) is 19.1. The molecule has 1 rings (SSSR count). The molecule has 12 heteroatoms. The van der Waals surface area contributed by atoms with Gasteiger partial charge in [0.25, 0.3) is 0 Å². The highest BCUT2D eigenvalue weighted by molar-refractivity contribution is 5.94. The zero-order valence-electron chi connectivity index (χ0n) is 17.0. The van der Waals surface area contributed by atoms with Crippen molar-refractivity contribution in [3.63, 3.8) is 0 Å². The first kappa shape index (κ1) is 25.3. The fourth-order valence-electron chi connectivity index (χ4n) is 3.04. The van der Waals surface area contributed by atoms with Gasteiger partial charge in [0.05, 0.1) is 12.6 Å². The minimum absolute atomic E-state index is 0.128. The van der Waals surface area contributed by atoms with Gasteiger partial charge in [0.15, 0.2) is 0 Å². The van der Waals surface area contributed by atoms with Crippen molar-refractivity contribution < 1.29 is 39.3 Å². The lowest BCUT2D eigenvalue weighted by molar-refractivity contribution is -0.144. The SMILES string of the molecule is CC(C)C(N)C(=O)N1CCCC1C(=O)NC(CO)C(=O)NC(CCC(=O)O)C(=O)O. The van der Waals surface area contributed by atoms with E-state index in [1.54, 1.807) is 13.8 Å². The average molecular weight is 430 g/mol. The third kappa shape index (κ3) is 6.95. The van der Waals surface area contributed by atoms with E-state index in [9.17, 15) is 29.1 Å². The predicted molar refractivity (Wildman–Crippen MR) is 103 cm³/mol. The molecule has 3 amide bonds. The number of nitrogens with two attached hydrogens (primary N) is 1. The summed E-state index contributed by atoms with van der Waals surface area (Å²) in [6.07, 6.45) is 0.0859. The van der Waals surface area contributed by atoms with Crippen LogP contribution < -0.4 is 16.4 Å². The molecule has 7 N–H and O–H groups in total. The summed E-state index contributed by atoms with van der Waals surface area (Å²) in [5.41, 5.74) is 5.89. The Morgan fingerprint density at radius 1 is 1.10 bits per heavy atom. The lowest BCUT2D eigenvalue weighted by Crippen LogP contribution is -2.58. The lowest BCUT2D eigenvalue weighted by Gasteiger charge is -2.29. The lowest BCUT2D eigenvalue weighted by atomic mass is 10.0. The Kier molecular flexibility index (Phi) is 9.66. The van der Waals surface area contributed by atoms with Crippen molar-refractivity contribution in [2.24, 2.45) is 11.7 Å². The molecule has 1 aliphatic heterocycles. The molecule has 0 aromatic rings. The number of carboxylic acid groups (broad SMARTS) is 2. The summed E-state index contributed by atoms with van der Waals surface area (Å²) in [7, 11) is 0. The van der Waals surface area contributed by atoms with Crippen molar-refractivity contribution in [1.82, 2.24) is 15.5 Å². The van der Waals surface area contributed by atoms with Crippen LogP contribution in [0.2, 0.25) is 0 Å². The third-order valence-corrected chi connectivity index (χ3v) is 4.92. The number of aliphatic hydroxyl groups is 1. The molecule has 0 radical (unpaired) electrons. The third-order valence-electron chi connectivity index (χ3n) is 4.92. The summed E-state index contributed by atoms with van der Waals surface area (Å²) in [4.78, 5) is 60.6. The number of carbonyl (C=O) groups excluding carboxylic acids is 3. The molecule has 1 saturated heterocycles. The molecule has 170 valence electrons. The molecule has 0 saturated carbocycles. The number of carbonyl (C=O) groups is 5. The van der Waals surface area contributed by atoms with E-state index in [2.05, 4.69) is 10.6 Å². The number of aliphatic carboxylic acids is 2. The second kappa shape index (κ2) is 11.5. The Hall–Kier alpha value is -2.73. The predicted octanol–water partition coefficient (Wildman–Crippen LogP) is -2.13. The van der Waals surface area contributed by atoms with Gasteiger partial charge in [-0.05, 0) is 25.2 Å². The highest BCUT2D eigenvalue weighted by atomic mass is 16.4. The highest BCUT2D eigenvalue weighted by Crippen LogP contribution is 2.20.